The van der Waals surface area contributed by atoms with Gasteiger partial charge in [0, 0.05) is 48.1 Å². The van der Waals surface area contributed by atoms with Crippen molar-refractivity contribution in [3.05, 3.63) is 87.6 Å². The Morgan fingerprint density at radius 2 is 1.79 bits per heavy atom. The maximum Gasteiger partial charge on any atom is 0.246 e. The number of amides is 1. The van der Waals surface area contributed by atoms with Crippen LogP contribution in [0.1, 0.15) is 117 Å². The third-order valence-electron chi connectivity index (χ3n) is 14.1. The number of aliphatic hydroxyl groups is 2. The summed E-state index contributed by atoms with van der Waals surface area (Å²) in [5, 5.41) is 25.9. The molecule has 1 aromatic heterocycles. The highest BCUT2D eigenvalue weighted by Crippen LogP contribution is 2.74. The first-order valence-corrected chi connectivity index (χ1v) is 22.7. The Hall–Kier alpha value is -5.17. The molecule has 3 saturated carbocycles. The summed E-state index contributed by atoms with van der Waals surface area (Å²) in [7, 11) is 0. The Morgan fingerprint density at radius 3 is 2.54 bits per heavy atom. The minimum atomic E-state index is -1.52. The molecule has 5 heterocycles. The van der Waals surface area contributed by atoms with Gasteiger partial charge >= 0.3 is 0 Å². The highest BCUT2D eigenvalue weighted by molar-refractivity contribution is 6.04. The predicted molar refractivity (Wildman–Crippen MR) is 244 cm³/mol. The zero-order valence-electron chi connectivity index (χ0n) is 37.9. The van der Waals surface area contributed by atoms with Gasteiger partial charge in [-0.05, 0) is 118 Å². The van der Waals surface area contributed by atoms with Crippen LogP contribution in [-0.4, -0.2) is 80.2 Å². The van der Waals surface area contributed by atoms with Crippen LogP contribution >= 0.6 is 0 Å². The molecule has 4 bridgehead atoms. The number of nitrogens with zero attached hydrogens (tertiary/aromatic N) is 2. The number of allylic oxidation sites excluding steroid dienone is 4. The highest BCUT2D eigenvalue weighted by Gasteiger charge is 2.84. The van der Waals surface area contributed by atoms with E-state index >= 15 is 4.79 Å². The first-order chi connectivity index (χ1) is 30.1. The standard InChI is InChI=1S/C51H62N4O8/c1-29(2)14-13-21-49(8)22-20-33-42(61-49)32(18-17-30(3)4)44-38(43(33)60-27-12-11-25-56)40-39-41(55-36-16-10-9-15-35(36)53-47(55)54-40)34-28-37-48(6,7)63-50(45(34)58,51(37,39)62-44)23-19-31(5)46(59)52-24-26-57/h9-10,14-17,19-20,22,34,37,41,56-57H,11-13,18,21,23-28H2,1-8H3,(H,52,59)(H,53,54)/b31-19-. The normalized spacial score (nSPS) is 27.7. The van der Waals surface area contributed by atoms with Crippen LogP contribution in [-0.2, 0) is 20.7 Å². The van der Waals surface area contributed by atoms with Crippen LogP contribution in [0.25, 0.3) is 22.8 Å². The summed E-state index contributed by atoms with van der Waals surface area (Å²) in [4.78, 5) is 34.3. The Bertz CT molecular complexity index is 2550. The molecule has 0 radical (unpaired) electrons. The minimum absolute atomic E-state index is 0.0540. The van der Waals surface area contributed by atoms with Gasteiger partial charge in [-0.15, -0.1) is 0 Å². The topological polar surface area (TPSA) is 153 Å². The number of unbranched alkanes of at least 4 members (excludes halogenated alkanes) is 1. The lowest BCUT2D eigenvalue weighted by Gasteiger charge is -2.62. The van der Waals surface area contributed by atoms with Gasteiger partial charge in [0.05, 0.1) is 52.7 Å². The molecule has 3 aliphatic carbocycles. The Balaban J connectivity index is 1.35. The van der Waals surface area contributed by atoms with Gasteiger partial charge in [-0.2, -0.15) is 0 Å². The molecule has 1 spiro atoms. The number of para-hydroxylation sites is 2. The van der Waals surface area contributed by atoms with E-state index in [1.165, 1.54) is 5.57 Å². The number of fused-ring (bicyclic) bond motifs is 6. The van der Waals surface area contributed by atoms with Crippen molar-refractivity contribution < 1.29 is 38.7 Å². The number of rotatable bonds is 15. The smallest absolute Gasteiger partial charge is 0.246 e. The molecule has 10 rings (SSSR count). The summed E-state index contributed by atoms with van der Waals surface area (Å²) in [5.41, 5.74) is 4.36. The lowest BCUT2D eigenvalue weighted by molar-refractivity contribution is -0.181. The Morgan fingerprint density at radius 1 is 1.02 bits per heavy atom. The molecule has 12 heteroatoms. The van der Waals surface area contributed by atoms with Gasteiger partial charge in [-0.3, -0.25) is 9.59 Å². The molecular formula is C51H62N4O8. The maximum absolute atomic E-state index is 15.8. The summed E-state index contributed by atoms with van der Waals surface area (Å²) in [6, 6.07) is 7.58. The number of imidazole rings is 1. The number of carbonyl (C=O) groups is 2. The number of carbonyl (C=O) groups excluding carboxylic acids is 2. The average molecular weight is 859 g/mol. The van der Waals surface area contributed by atoms with Crippen molar-refractivity contribution in [3.63, 3.8) is 0 Å². The molecule has 4 fully saturated rings. The molecule has 4 N–H and O–H groups in total. The van der Waals surface area contributed by atoms with Crippen LogP contribution in [0.3, 0.4) is 0 Å². The van der Waals surface area contributed by atoms with Gasteiger partial charge in [-0.25, -0.2) is 4.98 Å². The van der Waals surface area contributed by atoms with Gasteiger partial charge in [0.2, 0.25) is 11.9 Å². The third kappa shape index (κ3) is 6.61. The number of ether oxygens (including phenoxy) is 4. The van der Waals surface area contributed by atoms with E-state index in [2.05, 4.69) is 94.0 Å². The molecule has 1 amide bonds. The van der Waals surface area contributed by atoms with Crippen LogP contribution in [0.4, 0.5) is 5.95 Å². The predicted octanol–water partition coefficient (Wildman–Crippen LogP) is 8.33. The molecule has 7 aliphatic rings. The number of benzene rings is 2. The van der Waals surface area contributed by atoms with E-state index in [4.69, 9.17) is 23.9 Å². The van der Waals surface area contributed by atoms with Crippen LogP contribution in [0.2, 0.25) is 0 Å². The second kappa shape index (κ2) is 15.8. The van der Waals surface area contributed by atoms with E-state index in [0.29, 0.717) is 61.1 Å². The van der Waals surface area contributed by atoms with Crippen molar-refractivity contribution >= 4 is 40.4 Å². The quantitative estimate of drug-likeness (QED) is 0.0667. The van der Waals surface area contributed by atoms with Crippen LogP contribution in [0, 0.1) is 11.8 Å². The fraction of sp³-hybridized carbons (Fsp3) is 0.510. The number of aromatic nitrogens is 2. The van der Waals surface area contributed by atoms with Crippen molar-refractivity contribution in [1.29, 1.82) is 0 Å². The van der Waals surface area contributed by atoms with Crippen LogP contribution in [0.5, 0.6) is 17.2 Å². The number of ketones is 1. The molecule has 4 aliphatic heterocycles. The van der Waals surface area contributed by atoms with Crippen molar-refractivity contribution in [1.82, 2.24) is 14.9 Å². The summed E-state index contributed by atoms with van der Waals surface area (Å²) >= 11 is 0. The molecular weight excluding hydrogens is 797 g/mol. The minimum Gasteiger partial charge on any atom is -0.492 e. The average Bonchev–Trinajstić information content (AvgIpc) is 3.68. The van der Waals surface area contributed by atoms with Gasteiger partial charge < -0.3 is 44.4 Å². The van der Waals surface area contributed by atoms with Gasteiger partial charge in [0.1, 0.15) is 22.8 Å². The molecule has 6 unspecified atom stereocenters. The van der Waals surface area contributed by atoms with Crippen molar-refractivity contribution in [2.24, 2.45) is 11.8 Å². The summed E-state index contributed by atoms with van der Waals surface area (Å²) in [5.74, 6) is 1.36. The summed E-state index contributed by atoms with van der Waals surface area (Å²) in [6.45, 7) is 16.7. The molecule has 334 valence electrons. The summed E-state index contributed by atoms with van der Waals surface area (Å²) < 4.78 is 31.6. The summed E-state index contributed by atoms with van der Waals surface area (Å²) in [6.07, 6.45) is 14.4. The van der Waals surface area contributed by atoms with Gasteiger partial charge in [0.15, 0.2) is 17.0 Å². The first kappa shape index (κ1) is 43.1. The van der Waals surface area contributed by atoms with E-state index in [0.717, 1.165) is 57.4 Å². The lowest BCUT2D eigenvalue weighted by Crippen LogP contribution is -2.75. The molecule has 1 saturated heterocycles. The van der Waals surface area contributed by atoms with Crippen LogP contribution < -0.4 is 24.8 Å². The fourth-order valence-corrected chi connectivity index (χ4v) is 11.3. The monoisotopic (exact) mass is 858 g/mol. The number of Topliss-reactive ketones (excluding diaryl/α,β-unsaturated/α-hetero) is 1. The van der Waals surface area contributed by atoms with Crippen LogP contribution in [0.15, 0.2) is 70.9 Å². The second-order valence-corrected chi connectivity index (χ2v) is 19.4. The van der Waals surface area contributed by atoms with Crippen molar-refractivity contribution in [2.75, 3.05) is 31.7 Å². The Kier molecular flexibility index (Phi) is 10.8. The highest BCUT2D eigenvalue weighted by atomic mass is 16.6. The molecule has 6 atom stereocenters. The maximum atomic E-state index is 15.8. The fourth-order valence-electron chi connectivity index (χ4n) is 11.3. The van der Waals surface area contributed by atoms with Crippen molar-refractivity contribution in [2.45, 2.75) is 129 Å². The third-order valence-corrected chi connectivity index (χ3v) is 14.1. The largest absolute Gasteiger partial charge is 0.492 e. The van der Waals surface area contributed by atoms with E-state index in [1.54, 1.807) is 13.0 Å². The lowest BCUT2D eigenvalue weighted by atomic mass is 9.47. The first-order valence-electron chi connectivity index (χ1n) is 22.7. The number of hydrogen-bond acceptors (Lipinski definition) is 10. The van der Waals surface area contributed by atoms with Gasteiger partial charge in [0.25, 0.3) is 0 Å². The van der Waals surface area contributed by atoms with Crippen molar-refractivity contribution in [3.8, 4) is 17.2 Å². The van der Waals surface area contributed by atoms with Gasteiger partial charge in [-0.1, -0.05) is 41.5 Å². The van der Waals surface area contributed by atoms with E-state index in [9.17, 15) is 15.0 Å². The van der Waals surface area contributed by atoms with E-state index in [1.807, 2.05) is 18.2 Å². The number of aliphatic hydroxyl groups excluding tert-OH is 2. The Labute approximate surface area is 370 Å². The zero-order chi connectivity index (χ0) is 44.6. The molecule has 3 aromatic rings. The molecule has 12 nitrogen and oxygen atoms in total. The van der Waals surface area contributed by atoms with E-state index in [-0.39, 0.29) is 43.8 Å². The second-order valence-electron chi connectivity index (χ2n) is 19.4. The molecule has 2 aromatic carbocycles. The molecule has 63 heavy (non-hydrogen) atoms. The van der Waals surface area contributed by atoms with E-state index < -0.39 is 34.4 Å². The number of nitrogens with one attached hydrogen (secondary N) is 2. The number of anilines is 1. The number of hydrogen-bond donors (Lipinski definition) is 4. The zero-order valence-corrected chi connectivity index (χ0v) is 37.9. The SMILES string of the molecule is CC(C)=CCCC1(C)C=Cc2c(c(CC=C(C)C)c3c(c2OCCCCO)C2=C4C(C5CC6C(C)(C)OC(C/C=C(/C)C(=O)NCCO)(C5=O)C46O3)n3c(nc4ccccc43)N2)O1.